The van der Waals surface area contributed by atoms with Crippen molar-refractivity contribution in [3.8, 4) is 6.07 Å². The van der Waals surface area contributed by atoms with Crippen LogP contribution in [0.5, 0.6) is 0 Å². The standard InChI is InChI=1S/C30H38N4O3/c1-18-28(5)13-14-29(6,37-28)19(2)30(18,36)21-7-8-24(34-26(35)25-32-17-22(16-31)33-25)23(15-21)20-9-11-27(3,4)12-10-20/h7-9,13-15,18-19,22,36H,10-12,17H2,1-6H3,(H,32,33)(H,34,35)/t18-,19?,22?,28?,29?,30-/m1/s1. The Kier molecular flexibility index (Phi) is 5.93. The third kappa shape index (κ3) is 4.11. The van der Waals surface area contributed by atoms with Crippen molar-refractivity contribution in [3.63, 3.8) is 0 Å². The van der Waals surface area contributed by atoms with E-state index in [1.165, 1.54) is 5.57 Å². The molecule has 4 unspecified atom stereocenters. The predicted molar refractivity (Wildman–Crippen MR) is 145 cm³/mol. The van der Waals surface area contributed by atoms with Gasteiger partial charge < -0.3 is 20.5 Å². The molecular weight excluding hydrogens is 464 g/mol. The molecule has 7 heteroatoms. The van der Waals surface area contributed by atoms with E-state index in [9.17, 15) is 9.90 Å². The number of ether oxygens (including phenoxy) is 1. The zero-order valence-electron chi connectivity index (χ0n) is 22.7. The maximum Gasteiger partial charge on any atom is 0.290 e. The molecule has 0 radical (unpaired) electrons. The molecule has 5 rings (SSSR count). The molecule has 37 heavy (non-hydrogen) atoms. The number of amides is 1. The number of rotatable bonds is 4. The van der Waals surface area contributed by atoms with Crippen LogP contribution < -0.4 is 10.6 Å². The van der Waals surface area contributed by atoms with E-state index in [1.54, 1.807) is 0 Å². The van der Waals surface area contributed by atoms with Gasteiger partial charge >= 0.3 is 0 Å². The molecule has 0 spiro atoms. The van der Waals surface area contributed by atoms with E-state index in [4.69, 9.17) is 10.00 Å². The minimum absolute atomic E-state index is 0.175. The van der Waals surface area contributed by atoms with Gasteiger partial charge in [-0.25, -0.2) is 4.99 Å². The zero-order valence-corrected chi connectivity index (χ0v) is 22.7. The van der Waals surface area contributed by atoms with E-state index < -0.39 is 22.8 Å². The molecule has 4 aliphatic rings. The summed E-state index contributed by atoms with van der Waals surface area (Å²) in [6, 6.07) is 7.41. The fraction of sp³-hybridized carbons (Fsp3) is 0.567. The number of amidine groups is 1. The summed E-state index contributed by atoms with van der Waals surface area (Å²) in [4.78, 5) is 17.2. The van der Waals surface area contributed by atoms with Crippen molar-refractivity contribution in [1.82, 2.24) is 5.32 Å². The quantitative estimate of drug-likeness (QED) is 0.518. The van der Waals surface area contributed by atoms with Gasteiger partial charge in [-0.2, -0.15) is 5.26 Å². The van der Waals surface area contributed by atoms with Crippen molar-refractivity contribution in [2.45, 2.75) is 83.6 Å². The Morgan fingerprint density at radius 2 is 1.86 bits per heavy atom. The lowest BCUT2D eigenvalue weighted by Gasteiger charge is -2.55. The average molecular weight is 503 g/mol. The number of carbonyl (C=O) groups excluding carboxylic acids is 1. The summed E-state index contributed by atoms with van der Waals surface area (Å²) in [6.07, 6.45) is 9.33. The molecule has 1 aromatic carbocycles. The lowest BCUT2D eigenvalue weighted by atomic mass is 9.62. The Labute approximate surface area is 219 Å². The molecule has 6 atom stereocenters. The fourth-order valence-corrected chi connectivity index (χ4v) is 6.41. The normalized spacial score (nSPS) is 37.8. The van der Waals surface area contributed by atoms with Crippen LogP contribution in [0.1, 0.15) is 71.9 Å². The van der Waals surface area contributed by atoms with Crippen LogP contribution in [-0.2, 0) is 15.1 Å². The Bertz CT molecular complexity index is 1250. The molecular formula is C30H38N4O3. The Morgan fingerprint density at radius 1 is 1.19 bits per heavy atom. The van der Waals surface area contributed by atoms with Crippen LogP contribution in [0.2, 0.25) is 0 Å². The van der Waals surface area contributed by atoms with E-state index in [1.807, 2.05) is 26.0 Å². The monoisotopic (exact) mass is 502 g/mol. The van der Waals surface area contributed by atoms with Crippen molar-refractivity contribution in [2.24, 2.45) is 22.2 Å². The third-order valence-electron chi connectivity index (χ3n) is 9.39. The lowest BCUT2D eigenvalue weighted by molar-refractivity contribution is -0.257. The highest BCUT2D eigenvalue weighted by Crippen LogP contribution is 2.58. The van der Waals surface area contributed by atoms with Crippen molar-refractivity contribution >= 4 is 23.0 Å². The summed E-state index contributed by atoms with van der Waals surface area (Å²) >= 11 is 0. The van der Waals surface area contributed by atoms with E-state index in [0.717, 1.165) is 30.4 Å². The average Bonchev–Trinajstić information content (AvgIpc) is 3.47. The van der Waals surface area contributed by atoms with Crippen LogP contribution >= 0.6 is 0 Å². The number of anilines is 1. The number of fused-ring (bicyclic) bond motifs is 2. The van der Waals surface area contributed by atoms with Crippen molar-refractivity contribution in [1.29, 1.82) is 5.26 Å². The first-order valence-electron chi connectivity index (χ1n) is 13.3. The molecule has 3 aliphatic heterocycles. The van der Waals surface area contributed by atoms with Gasteiger partial charge in [0.2, 0.25) is 0 Å². The third-order valence-corrected chi connectivity index (χ3v) is 9.39. The molecule has 1 aliphatic carbocycles. The molecule has 1 saturated heterocycles. The number of nitrogens with zero attached hydrogens (tertiary/aromatic N) is 2. The highest BCUT2D eigenvalue weighted by atomic mass is 16.5. The molecule has 0 aromatic heterocycles. The minimum atomic E-state index is -1.13. The summed E-state index contributed by atoms with van der Waals surface area (Å²) in [5, 5.41) is 27.5. The summed E-state index contributed by atoms with van der Waals surface area (Å²) < 4.78 is 6.45. The summed E-state index contributed by atoms with van der Waals surface area (Å²) in [5.74, 6) is -0.560. The second-order valence-corrected chi connectivity index (χ2v) is 12.4. The molecule has 196 valence electrons. The van der Waals surface area contributed by atoms with Gasteiger partial charge in [-0.1, -0.05) is 52.0 Å². The molecule has 1 amide bonds. The summed E-state index contributed by atoms with van der Waals surface area (Å²) in [7, 11) is 0. The number of carbonyl (C=O) groups is 1. The van der Waals surface area contributed by atoms with Gasteiger partial charge in [-0.3, -0.25) is 4.79 Å². The van der Waals surface area contributed by atoms with E-state index in [0.29, 0.717) is 12.2 Å². The Hall–Kier alpha value is -2.95. The zero-order chi connectivity index (χ0) is 26.8. The number of aliphatic hydroxyl groups is 1. The Morgan fingerprint density at radius 3 is 2.43 bits per heavy atom. The molecule has 3 N–H and O–H groups in total. The van der Waals surface area contributed by atoms with Crippen LogP contribution in [0.25, 0.3) is 5.57 Å². The van der Waals surface area contributed by atoms with Gasteiger partial charge in [-0.05, 0) is 61.8 Å². The largest absolute Gasteiger partial charge is 0.384 e. The van der Waals surface area contributed by atoms with Gasteiger partial charge in [0, 0.05) is 23.1 Å². The maximum absolute atomic E-state index is 13.0. The van der Waals surface area contributed by atoms with E-state index in [-0.39, 0.29) is 29.0 Å². The maximum atomic E-state index is 13.0. The van der Waals surface area contributed by atoms with Crippen LogP contribution in [0, 0.1) is 28.6 Å². The summed E-state index contributed by atoms with van der Waals surface area (Å²) in [5.41, 5.74) is 1.56. The van der Waals surface area contributed by atoms with Gasteiger partial charge in [0.15, 0.2) is 11.9 Å². The van der Waals surface area contributed by atoms with Gasteiger partial charge in [0.05, 0.1) is 23.8 Å². The molecule has 2 bridgehead atoms. The number of nitriles is 1. The Balaban J connectivity index is 1.56. The molecule has 0 saturated carbocycles. The first kappa shape index (κ1) is 25.7. The second-order valence-electron chi connectivity index (χ2n) is 12.4. The van der Waals surface area contributed by atoms with Crippen LogP contribution in [0.4, 0.5) is 5.69 Å². The highest BCUT2D eigenvalue weighted by molar-refractivity contribution is 6.42. The number of hydrogen-bond donors (Lipinski definition) is 3. The molecule has 3 heterocycles. The van der Waals surface area contributed by atoms with Gasteiger partial charge in [0.1, 0.15) is 5.60 Å². The highest BCUT2D eigenvalue weighted by Gasteiger charge is 2.63. The first-order valence-corrected chi connectivity index (χ1v) is 13.3. The summed E-state index contributed by atoms with van der Waals surface area (Å²) in [6.45, 7) is 13.1. The number of nitrogens with one attached hydrogen (secondary N) is 2. The number of hydrogen-bond acceptors (Lipinski definition) is 6. The lowest BCUT2D eigenvalue weighted by Crippen LogP contribution is -2.61. The first-order chi connectivity index (χ1) is 17.3. The second kappa shape index (κ2) is 8.54. The number of aliphatic imine (C=N–C) groups is 1. The van der Waals surface area contributed by atoms with Crippen molar-refractivity contribution in [3.05, 3.63) is 47.6 Å². The fourth-order valence-electron chi connectivity index (χ4n) is 6.41. The molecule has 1 fully saturated rings. The smallest absolute Gasteiger partial charge is 0.290 e. The van der Waals surface area contributed by atoms with Crippen LogP contribution in [0.3, 0.4) is 0 Å². The van der Waals surface area contributed by atoms with Crippen LogP contribution in [-0.4, -0.2) is 40.6 Å². The van der Waals surface area contributed by atoms with E-state index >= 15 is 0 Å². The predicted octanol–water partition coefficient (Wildman–Crippen LogP) is 4.69. The van der Waals surface area contributed by atoms with Crippen molar-refractivity contribution in [2.75, 3.05) is 11.9 Å². The molecule has 1 aromatic rings. The van der Waals surface area contributed by atoms with Crippen molar-refractivity contribution < 1.29 is 14.6 Å². The number of benzene rings is 1. The SMILES string of the molecule is CC1C2(C)C=CC(C)(O2)[C@@H](C)[C@]1(O)c1ccc(NC(=O)C2=NC(C#N)CN2)c(C2=CCC(C)(C)CC2)c1. The van der Waals surface area contributed by atoms with Gasteiger partial charge in [0.25, 0.3) is 5.91 Å². The van der Waals surface area contributed by atoms with E-state index in [2.05, 4.69) is 73.7 Å². The minimum Gasteiger partial charge on any atom is -0.384 e. The van der Waals surface area contributed by atoms with Crippen LogP contribution in [0.15, 0.2) is 41.4 Å². The number of allylic oxidation sites excluding steroid dienone is 2. The topological polar surface area (TPSA) is 107 Å². The molecule has 7 nitrogen and oxygen atoms in total. The van der Waals surface area contributed by atoms with Gasteiger partial charge in [-0.15, -0.1) is 0 Å².